The van der Waals surface area contributed by atoms with Gasteiger partial charge in [-0.2, -0.15) is 0 Å². The second-order valence-corrected chi connectivity index (χ2v) is 9.51. The Morgan fingerprint density at radius 3 is 1.85 bits per heavy atom. The number of benzene rings is 2. The molecule has 4 rings (SSSR count). The molecule has 15 nitrogen and oxygen atoms in total. The van der Waals surface area contributed by atoms with Crippen LogP contribution in [0.25, 0.3) is 12.2 Å². The van der Waals surface area contributed by atoms with Gasteiger partial charge in [0, 0.05) is 11.6 Å². The van der Waals surface area contributed by atoms with E-state index in [-0.39, 0.29) is 22.6 Å². The monoisotopic (exact) mass is 580 g/mol. The first-order valence-corrected chi connectivity index (χ1v) is 12.2. The Morgan fingerprint density at radius 2 is 1.27 bits per heavy atom. The van der Waals surface area contributed by atoms with E-state index in [0.717, 1.165) is 6.07 Å². The van der Waals surface area contributed by atoms with Gasteiger partial charge in [0.05, 0.1) is 0 Å². The van der Waals surface area contributed by atoms with E-state index in [0.29, 0.717) is 5.56 Å². The first-order valence-electron chi connectivity index (χ1n) is 12.2. The van der Waals surface area contributed by atoms with Gasteiger partial charge in [-0.15, -0.1) is 0 Å². The van der Waals surface area contributed by atoms with E-state index >= 15 is 0 Å². The highest BCUT2D eigenvalue weighted by Gasteiger charge is 2.49. The summed E-state index contributed by atoms with van der Waals surface area (Å²) in [6, 6.07) is 7.95. The van der Waals surface area contributed by atoms with Crippen molar-refractivity contribution in [3.8, 4) is 17.2 Å². The average molecular weight is 580 g/mol. The minimum atomic E-state index is -1.94. The van der Waals surface area contributed by atoms with Gasteiger partial charge < -0.3 is 65.3 Å². The Bertz CT molecular complexity index is 1290. The van der Waals surface area contributed by atoms with Crippen molar-refractivity contribution in [2.75, 3.05) is 0 Å². The Balaban J connectivity index is 1.55. The first kappa shape index (κ1) is 30.2. The van der Waals surface area contributed by atoms with Crippen LogP contribution in [0.1, 0.15) is 22.8 Å². The lowest BCUT2D eigenvalue weighted by atomic mass is 9.88. The maximum Gasteiger partial charge on any atom is 0.335 e. The summed E-state index contributed by atoms with van der Waals surface area (Å²) in [6.45, 7) is 0. The Labute approximate surface area is 231 Å². The summed E-state index contributed by atoms with van der Waals surface area (Å²) in [6.07, 6.45) is -15.3. The standard InChI is InChI=1S/C26H28O15/c27-11-7-10(14(13(28)8-11)21-17(31)15(29)18(32)22(40-21)24(35)36)4-1-9-2-5-12(6-3-9)39-26-20(34)16(30)19(33)23(41-26)25(37)38/h1-8,15-23,26-34H,(H,35,36)(H,37,38)/b4-1+/t15-,16+,17-,18+,19+,20-,21+,22+,23+,26-/m1/s1. The summed E-state index contributed by atoms with van der Waals surface area (Å²) >= 11 is 0. The molecule has 2 heterocycles. The summed E-state index contributed by atoms with van der Waals surface area (Å²) < 4.78 is 15.8. The fourth-order valence-corrected chi connectivity index (χ4v) is 4.54. The van der Waals surface area contributed by atoms with E-state index in [1.54, 1.807) is 0 Å². The molecule has 222 valence electrons. The Morgan fingerprint density at radius 1 is 0.707 bits per heavy atom. The van der Waals surface area contributed by atoms with E-state index in [9.17, 15) is 55.5 Å². The molecule has 10 N–H and O–H groups in total. The van der Waals surface area contributed by atoms with Crippen molar-refractivity contribution in [3.05, 3.63) is 53.1 Å². The third-order valence-electron chi connectivity index (χ3n) is 6.72. The predicted octanol–water partition coefficient (Wildman–Crippen LogP) is -1.85. The van der Waals surface area contributed by atoms with Gasteiger partial charge in [0.15, 0.2) is 12.2 Å². The molecule has 2 fully saturated rings. The van der Waals surface area contributed by atoms with Gasteiger partial charge in [0.2, 0.25) is 6.29 Å². The molecule has 15 heteroatoms. The van der Waals surface area contributed by atoms with Crippen LogP contribution in [0.15, 0.2) is 36.4 Å². The lowest BCUT2D eigenvalue weighted by Gasteiger charge is -2.39. The number of hydrogen-bond acceptors (Lipinski definition) is 13. The third-order valence-corrected chi connectivity index (χ3v) is 6.72. The van der Waals surface area contributed by atoms with Crippen LogP contribution in [0.4, 0.5) is 0 Å². The van der Waals surface area contributed by atoms with Gasteiger partial charge in [0.25, 0.3) is 0 Å². The molecule has 0 amide bonds. The molecule has 2 aliphatic rings. The van der Waals surface area contributed by atoms with Crippen LogP contribution in [0.5, 0.6) is 17.2 Å². The number of carboxylic acid groups (broad SMARTS) is 2. The quantitative estimate of drug-likeness (QED) is 0.161. The van der Waals surface area contributed by atoms with E-state index in [2.05, 4.69) is 0 Å². The first-order chi connectivity index (χ1) is 19.3. The van der Waals surface area contributed by atoms with Gasteiger partial charge >= 0.3 is 11.9 Å². The number of phenolic OH excluding ortho intramolecular Hbond substituents is 2. The van der Waals surface area contributed by atoms with Crippen molar-refractivity contribution in [1.29, 1.82) is 0 Å². The largest absolute Gasteiger partial charge is 0.508 e. The number of aliphatic carboxylic acids is 2. The van der Waals surface area contributed by atoms with Gasteiger partial charge in [-0.3, -0.25) is 0 Å². The van der Waals surface area contributed by atoms with Crippen molar-refractivity contribution in [1.82, 2.24) is 0 Å². The number of carbonyl (C=O) groups is 2. The van der Waals surface area contributed by atoms with E-state index in [1.807, 2.05) is 0 Å². The van der Waals surface area contributed by atoms with Crippen molar-refractivity contribution in [2.45, 2.75) is 61.2 Å². The predicted molar refractivity (Wildman–Crippen MR) is 133 cm³/mol. The summed E-state index contributed by atoms with van der Waals surface area (Å²) in [7, 11) is 0. The molecule has 2 saturated heterocycles. The van der Waals surface area contributed by atoms with Gasteiger partial charge in [0.1, 0.15) is 60.0 Å². The number of rotatable bonds is 7. The number of ether oxygens (including phenoxy) is 3. The zero-order valence-electron chi connectivity index (χ0n) is 20.9. The van der Waals surface area contributed by atoms with Crippen molar-refractivity contribution in [2.24, 2.45) is 0 Å². The minimum absolute atomic E-state index is 0.0746. The van der Waals surface area contributed by atoms with Gasteiger partial charge in [-0.25, -0.2) is 9.59 Å². The SMILES string of the molecule is O=C(O)[C@H]1O[C@@H](c2c(O)cc(O)cc2/C=C/c2ccc(O[C@@H]3O[C@H](C(=O)O)[C@@H](O)[C@H](O)[C@H]3O)cc2)[C@H](O)[C@@H](O)[C@@H]1O. The molecular weight excluding hydrogens is 552 g/mol. The lowest BCUT2D eigenvalue weighted by Crippen LogP contribution is -2.61. The zero-order valence-corrected chi connectivity index (χ0v) is 20.9. The van der Waals surface area contributed by atoms with E-state index < -0.39 is 78.9 Å². The average Bonchev–Trinajstić information content (AvgIpc) is 2.91. The highest BCUT2D eigenvalue weighted by molar-refractivity contribution is 5.75. The molecule has 41 heavy (non-hydrogen) atoms. The lowest BCUT2D eigenvalue weighted by molar-refractivity contribution is -0.271. The Hall–Kier alpha value is -3.80. The van der Waals surface area contributed by atoms with Crippen molar-refractivity contribution < 1.29 is 74.9 Å². The molecule has 0 saturated carbocycles. The summed E-state index contributed by atoms with van der Waals surface area (Å²) in [5.41, 5.74) is 0.408. The van der Waals surface area contributed by atoms with Crippen LogP contribution >= 0.6 is 0 Å². The minimum Gasteiger partial charge on any atom is -0.508 e. The van der Waals surface area contributed by atoms with Crippen LogP contribution in [0.2, 0.25) is 0 Å². The molecule has 0 aliphatic carbocycles. The summed E-state index contributed by atoms with van der Waals surface area (Å²) in [4.78, 5) is 22.8. The van der Waals surface area contributed by atoms with Crippen molar-refractivity contribution >= 4 is 24.1 Å². The molecule has 0 bridgehead atoms. The van der Waals surface area contributed by atoms with Gasteiger partial charge in [-0.05, 0) is 29.3 Å². The molecule has 10 atom stereocenters. The van der Waals surface area contributed by atoms with E-state index in [4.69, 9.17) is 19.3 Å². The second kappa shape index (κ2) is 12.0. The second-order valence-electron chi connectivity index (χ2n) is 9.51. The van der Waals surface area contributed by atoms with Crippen molar-refractivity contribution in [3.63, 3.8) is 0 Å². The number of phenols is 2. The fourth-order valence-electron chi connectivity index (χ4n) is 4.54. The smallest absolute Gasteiger partial charge is 0.335 e. The highest BCUT2D eigenvalue weighted by Crippen LogP contribution is 2.41. The topological polar surface area (TPSA) is 264 Å². The zero-order chi connectivity index (χ0) is 30.2. The molecule has 2 aliphatic heterocycles. The summed E-state index contributed by atoms with van der Waals surface area (Å²) in [5.74, 6) is -4.04. The maximum atomic E-state index is 11.5. The maximum absolute atomic E-state index is 11.5. The molecule has 0 radical (unpaired) electrons. The number of carboxylic acids is 2. The van der Waals surface area contributed by atoms with E-state index in [1.165, 1.54) is 42.5 Å². The van der Waals surface area contributed by atoms with Crippen LogP contribution in [0.3, 0.4) is 0 Å². The molecule has 0 spiro atoms. The fraction of sp³-hybridized carbons (Fsp3) is 0.385. The number of aliphatic hydroxyl groups excluding tert-OH is 6. The normalized spacial score (nSPS) is 33.9. The van der Waals surface area contributed by atoms with Crippen LogP contribution in [-0.4, -0.2) is 118 Å². The summed E-state index contributed by atoms with van der Waals surface area (Å²) in [5, 5.41) is 99.5. The highest BCUT2D eigenvalue weighted by atomic mass is 16.7. The molecule has 2 aromatic rings. The number of hydrogen-bond donors (Lipinski definition) is 10. The van der Waals surface area contributed by atoms with Crippen LogP contribution in [0, 0.1) is 0 Å². The molecule has 0 aromatic heterocycles. The number of aliphatic hydroxyl groups is 6. The Kier molecular flexibility index (Phi) is 8.81. The molecular formula is C26H28O15. The van der Waals surface area contributed by atoms with Crippen LogP contribution < -0.4 is 4.74 Å². The van der Waals surface area contributed by atoms with Gasteiger partial charge in [-0.1, -0.05) is 24.3 Å². The third kappa shape index (κ3) is 6.12. The molecule has 2 aromatic carbocycles. The molecule has 0 unspecified atom stereocenters. The van der Waals surface area contributed by atoms with Crippen LogP contribution in [-0.2, 0) is 19.1 Å². The number of aromatic hydroxyl groups is 2.